The average Bonchev–Trinajstić information content (AvgIpc) is 3.08. The van der Waals surface area contributed by atoms with Crippen LogP contribution in [0.5, 0.6) is 0 Å². The van der Waals surface area contributed by atoms with Gasteiger partial charge in [0.2, 0.25) is 0 Å². The van der Waals surface area contributed by atoms with Crippen LogP contribution in [0.3, 0.4) is 0 Å². The van der Waals surface area contributed by atoms with E-state index < -0.39 is 11.7 Å². The van der Waals surface area contributed by atoms with Gasteiger partial charge in [-0.3, -0.25) is 19.1 Å². The molecule has 1 aromatic heterocycles. The summed E-state index contributed by atoms with van der Waals surface area (Å²) in [6, 6.07) is 9.29. The number of imidazole rings is 1. The Morgan fingerprint density at radius 1 is 1.19 bits per heavy atom. The highest BCUT2D eigenvalue weighted by Crippen LogP contribution is 2.26. The molecule has 0 radical (unpaired) electrons. The summed E-state index contributed by atoms with van der Waals surface area (Å²) in [5, 5.41) is 2.97. The molecule has 9 heteroatoms. The number of rotatable bonds is 5. The molecule has 7 nitrogen and oxygen atoms in total. The van der Waals surface area contributed by atoms with Crippen LogP contribution in [-0.2, 0) is 0 Å². The van der Waals surface area contributed by atoms with Crippen LogP contribution >= 0.6 is 11.6 Å². The monoisotopic (exact) mass is 444 g/mol. The van der Waals surface area contributed by atoms with E-state index in [0.717, 1.165) is 0 Å². The minimum atomic E-state index is -0.675. The highest BCUT2D eigenvalue weighted by molar-refractivity contribution is 6.30. The van der Waals surface area contributed by atoms with Gasteiger partial charge in [0.05, 0.1) is 23.1 Å². The van der Waals surface area contributed by atoms with Crippen molar-refractivity contribution in [3.05, 3.63) is 68.8 Å². The lowest BCUT2D eigenvalue weighted by Gasteiger charge is -2.32. The van der Waals surface area contributed by atoms with Crippen molar-refractivity contribution in [2.24, 2.45) is 0 Å². The predicted molar refractivity (Wildman–Crippen MR) is 116 cm³/mol. The second-order valence-corrected chi connectivity index (χ2v) is 8.10. The molecular weight excluding hydrogens is 423 g/mol. The van der Waals surface area contributed by atoms with Gasteiger partial charge in [-0.1, -0.05) is 11.6 Å². The van der Waals surface area contributed by atoms with E-state index in [2.05, 4.69) is 15.2 Å². The molecule has 0 spiro atoms. The molecule has 1 aliphatic rings. The molecule has 0 bridgehead atoms. The Labute approximate surface area is 182 Å². The van der Waals surface area contributed by atoms with E-state index >= 15 is 0 Å². The van der Waals surface area contributed by atoms with Gasteiger partial charge in [-0.15, -0.1) is 0 Å². The standard InChI is InChI=1S/C22H22ClFN4O3/c1-25-21(30)16-10-18-19(11-17(16)24)28(22(31)26-18)15-6-8-27(9-7-15)12-20(29)13-2-4-14(23)5-3-13/h2-5,10-11,15H,6-9,12H2,1H3,(H,25,30)(H,26,31). The number of carbonyl (C=O) groups is 2. The van der Waals surface area contributed by atoms with Crippen molar-refractivity contribution >= 4 is 34.3 Å². The Morgan fingerprint density at radius 3 is 2.52 bits per heavy atom. The lowest BCUT2D eigenvalue weighted by molar-refractivity contribution is 0.0897. The molecule has 2 heterocycles. The number of H-pyrrole nitrogens is 1. The van der Waals surface area contributed by atoms with E-state index in [1.165, 1.54) is 19.2 Å². The van der Waals surface area contributed by atoms with Gasteiger partial charge in [-0.2, -0.15) is 0 Å². The first-order valence-electron chi connectivity index (χ1n) is 10.0. The number of nitrogens with one attached hydrogen (secondary N) is 2. The van der Waals surface area contributed by atoms with Crippen molar-refractivity contribution < 1.29 is 14.0 Å². The highest BCUT2D eigenvalue weighted by Gasteiger charge is 2.26. The summed E-state index contributed by atoms with van der Waals surface area (Å²) >= 11 is 5.87. The topological polar surface area (TPSA) is 87.2 Å². The average molecular weight is 445 g/mol. The van der Waals surface area contributed by atoms with E-state index in [4.69, 9.17) is 11.6 Å². The number of ketones is 1. The lowest BCUT2D eigenvalue weighted by atomic mass is 10.0. The van der Waals surface area contributed by atoms with Crippen LogP contribution in [0.25, 0.3) is 11.0 Å². The molecule has 1 fully saturated rings. The molecule has 1 aliphatic heterocycles. The summed E-state index contributed by atoms with van der Waals surface area (Å²) in [4.78, 5) is 41.7. The van der Waals surface area contributed by atoms with Crippen molar-refractivity contribution in [1.82, 2.24) is 19.8 Å². The second-order valence-electron chi connectivity index (χ2n) is 7.67. The van der Waals surface area contributed by atoms with Crippen LogP contribution in [0.1, 0.15) is 39.6 Å². The first kappa shape index (κ1) is 21.3. The van der Waals surface area contributed by atoms with Gasteiger partial charge >= 0.3 is 5.69 Å². The van der Waals surface area contributed by atoms with Crippen molar-refractivity contribution in [1.29, 1.82) is 0 Å². The second kappa shape index (κ2) is 8.64. The first-order chi connectivity index (χ1) is 14.9. The summed E-state index contributed by atoms with van der Waals surface area (Å²) in [5.41, 5.74) is 1.02. The lowest BCUT2D eigenvalue weighted by Crippen LogP contribution is -2.39. The van der Waals surface area contributed by atoms with Crippen molar-refractivity contribution in [3.8, 4) is 0 Å². The van der Waals surface area contributed by atoms with E-state index in [1.807, 2.05) is 0 Å². The number of amides is 1. The third kappa shape index (κ3) is 4.26. The number of hydrogen-bond acceptors (Lipinski definition) is 4. The molecular formula is C22H22ClFN4O3. The van der Waals surface area contributed by atoms with Gasteiger partial charge in [0.15, 0.2) is 5.78 Å². The van der Waals surface area contributed by atoms with Crippen LogP contribution in [-0.4, -0.2) is 52.8 Å². The molecule has 1 saturated heterocycles. The summed E-state index contributed by atoms with van der Waals surface area (Å²) in [7, 11) is 1.42. The van der Waals surface area contributed by atoms with Crippen LogP contribution in [0, 0.1) is 5.82 Å². The van der Waals surface area contributed by atoms with Gasteiger partial charge in [-0.25, -0.2) is 9.18 Å². The maximum atomic E-state index is 14.5. The smallest absolute Gasteiger partial charge is 0.326 e. The van der Waals surface area contributed by atoms with Crippen LogP contribution in [0.15, 0.2) is 41.2 Å². The zero-order valence-corrected chi connectivity index (χ0v) is 17.7. The summed E-state index contributed by atoms with van der Waals surface area (Å²) in [6.45, 7) is 1.57. The van der Waals surface area contributed by atoms with Gasteiger partial charge in [0, 0.05) is 42.8 Å². The molecule has 0 saturated carbocycles. The number of aromatic amines is 1. The van der Waals surface area contributed by atoms with E-state index in [-0.39, 0.29) is 23.1 Å². The SMILES string of the molecule is CNC(=O)c1cc2[nH]c(=O)n(C3CCN(CC(=O)c4ccc(Cl)cc4)CC3)c2cc1F. The van der Waals surface area contributed by atoms with Crippen LogP contribution in [0.4, 0.5) is 4.39 Å². The van der Waals surface area contributed by atoms with Gasteiger partial charge < -0.3 is 10.3 Å². The minimum Gasteiger partial charge on any atom is -0.355 e. The van der Waals surface area contributed by atoms with Crippen molar-refractivity contribution in [2.45, 2.75) is 18.9 Å². The zero-order valence-electron chi connectivity index (χ0n) is 17.0. The molecule has 2 N–H and O–H groups in total. The number of carbonyl (C=O) groups excluding carboxylic acids is 2. The Bertz CT molecular complexity index is 1190. The number of piperidine rings is 1. The first-order valence-corrected chi connectivity index (χ1v) is 10.4. The number of likely N-dealkylation sites (tertiary alicyclic amines) is 1. The molecule has 0 unspecified atom stereocenters. The Balaban J connectivity index is 1.48. The Hall–Kier alpha value is -2.97. The maximum absolute atomic E-state index is 14.5. The zero-order chi connectivity index (χ0) is 22.1. The van der Waals surface area contributed by atoms with E-state index in [9.17, 15) is 18.8 Å². The molecule has 1 amide bonds. The fourth-order valence-electron chi connectivity index (χ4n) is 4.08. The van der Waals surface area contributed by atoms with E-state index in [0.29, 0.717) is 54.1 Å². The minimum absolute atomic E-state index is 0.0168. The quantitative estimate of drug-likeness (QED) is 0.592. The predicted octanol–water partition coefficient (Wildman–Crippen LogP) is 3.00. The molecule has 162 valence electrons. The number of hydrogen-bond donors (Lipinski definition) is 2. The molecule has 3 aromatic rings. The molecule has 2 aromatic carbocycles. The fraction of sp³-hybridized carbons (Fsp3) is 0.318. The normalized spacial score (nSPS) is 15.3. The van der Waals surface area contributed by atoms with Crippen molar-refractivity contribution in [3.63, 3.8) is 0 Å². The number of aromatic nitrogens is 2. The van der Waals surface area contributed by atoms with Crippen molar-refractivity contribution in [2.75, 3.05) is 26.7 Å². The van der Waals surface area contributed by atoms with E-state index in [1.54, 1.807) is 28.8 Å². The highest BCUT2D eigenvalue weighted by atomic mass is 35.5. The number of Topliss-reactive ketones (excluding diaryl/α,β-unsaturated/α-hetero) is 1. The number of fused-ring (bicyclic) bond motifs is 1. The number of benzene rings is 2. The third-order valence-corrected chi connectivity index (χ3v) is 5.98. The molecule has 31 heavy (non-hydrogen) atoms. The fourth-order valence-corrected chi connectivity index (χ4v) is 4.21. The van der Waals surface area contributed by atoms with Gasteiger partial charge in [0.1, 0.15) is 5.82 Å². The number of halogens is 2. The van der Waals surface area contributed by atoms with Gasteiger partial charge in [-0.05, 0) is 43.2 Å². The number of nitrogens with zero attached hydrogens (tertiary/aromatic N) is 2. The largest absolute Gasteiger partial charge is 0.355 e. The molecule has 0 atom stereocenters. The van der Waals surface area contributed by atoms with Crippen LogP contribution in [0.2, 0.25) is 5.02 Å². The Morgan fingerprint density at radius 2 is 1.87 bits per heavy atom. The molecule has 4 rings (SSSR count). The summed E-state index contributed by atoms with van der Waals surface area (Å²) < 4.78 is 16.0. The van der Waals surface area contributed by atoms with Crippen LogP contribution < -0.4 is 11.0 Å². The third-order valence-electron chi connectivity index (χ3n) is 5.73. The summed E-state index contributed by atoms with van der Waals surface area (Å²) in [5.74, 6) is -1.21. The Kier molecular flexibility index (Phi) is 5.93. The summed E-state index contributed by atoms with van der Waals surface area (Å²) in [6.07, 6.45) is 1.30. The maximum Gasteiger partial charge on any atom is 0.326 e. The molecule has 0 aliphatic carbocycles. The van der Waals surface area contributed by atoms with Gasteiger partial charge in [0.25, 0.3) is 5.91 Å².